The number of amides is 1. The van der Waals surface area contributed by atoms with Crippen LogP contribution in [0.3, 0.4) is 0 Å². The van der Waals surface area contributed by atoms with Crippen LogP contribution in [0.25, 0.3) is 0 Å². The first-order valence-corrected chi connectivity index (χ1v) is 8.11. The van der Waals surface area contributed by atoms with E-state index in [1.54, 1.807) is 24.3 Å². The predicted octanol–water partition coefficient (Wildman–Crippen LogP) is 2.91. The number of hydrogen-bond donors (Lipinski definition) is 2. The summed E-state index contributed by atoms with van der Waals surface area (Å²) in [5.41, 5.74) is 1.60. The van der Waals surface area contributed by atoms with Gasteiger partial charge in [0.25, 0.3) is 5.91 Å². The van der Waals surface area contributed by atoms with Crippen molar-refractivity contribution < 1.29 is 14.3 Å². The summed E-state index contributed by atoms with van der Waals surface area (Å²) < 4.78 is 13.4. The molecule has 128 valence electrons. The topological polar surface area (TPSA) is 76.4 Å². The Morgan fingerprint density at radius 2 is 2.20 bits per heavy atom. The second-order valence-electron chi connectivity index (χ2n) is 5.98. The van der Waals surface area contributed by atoms with Gasteiger partial charge in [-0.1, -0.05) is 6.07 Å². The number of nitrogens with one attached hydrogen (secondary N) is 1. The smallest absolute Gasteiger partial charge is 0.255 e. The van der Waals surface area contributed by atoms with E-state index in [0.717, 1.165) is 31.1 Å². The molecule has 5 nitrogen and oxygen atoms in total. The van der Waals surface area contributed by atoms with Crippen molar-refractivity contribution in [2.24, 2.45) is 0 Å². The number of aliphatic hydroxyl groups excluding tert-OH is 1. The summed E-state index contributed by atoms with van der Waals surface area (Å²) >= 11 is 0. The number of nitriles is 1. The molecule has 0 saturated carbocycles. The third kappa shape index (κ3) is 3.62. The van der Waals surface area contributed by atoms with Crippen LogP contribution >= 0.6 is 0 Å². The van der Waals surface area contributed by atoms with Gasteiger partial charge in [0.1, 0.15) is 11.9 Å². The maximum Gasteiger partial charge on any atom is 0.255 e. The van der Waals surface area contributed by atoms with Gasteiger partial charge in [-0.25, -0.2) is 4.39 Å². The summed E-state index contributed by atoms with van der Waals surface area (Å²) in [5, 5.41) is 21.0. The van der Waals surface area contributed by atoms with Gasteiger partial charge < -0.3 is 15.3 Å². The van der Waals surface area contributed by atoms with Gasteiger partial charge in [0.15, 0.2) is 0 Å². The SMILES string of the molecule is N#Cc1cc(NC(=O)c2cccc(N3CCCC3CO)c2)ccc1F. The maximum atomic E-state index is 13.4. The molecule has 1 atom stereocenters. The monoisotopic (exact) mass is 339 g/mol. The number of halogens is 1. The summed E-state index contributed by atoms with van der Waals surface area (Å²) in [6.45, 7) is 0.933. The minimum atomic E-state index is -0.619. The van der Waals surface area contributed by atoms with E-state index in [9.17, 15) is 14.3 Å². The number of anilines is 2. The average molecular weight is 339 g/mol. The average Bonchev–Trinajstić information content (AvgIpc) is 3.12. The minimum absolute atomic E-state index is 0.0774. The van der Waals surface area contributed by atoms with Crippen molar-refractivity contribution >= 4 is 17.3 Å². The lowest BCUT2D eigenvalue weighted by Crippen LogP contribution is -2.32. The normalized spacial score (nSPS) is 16.5. The summed E-state index contributed by atoms with van der Waals surface area (Å²) in [6.07, 6.45) is 1.94. The van der Waals surface area contributed by atoms with Crippen LogP contribution in [0.5, 0.6) is 0 Å². The number of aliphatic hydroxyl groups is 1. The number of hydrogen-bond acceptors (Lipinski definition) is 4. The van der Waals surface area contributed by atoms with Crippen LogP contribution in [-0.2, 0) is 0 Å². The van der Waals surface area contributed by atoms with Crippen molar-refractivity contribution in [1.82, 2.24) is 0 Å². The minimum Gasteiger partial charge on any atom is -0.394 e. The van der Waals surface area contributed by atoms with Crippen LogP contribution in [0.4, 0.5) is 15.8 Å². The Hall–Kier alpha value is -2.91. The van der Waals surface area contributed by atoms with Crippen molar-refractivity contribution in [2.75, 3.05) is 23.4 Å². The molecule has 1 aliphatic rings. The molecule has 0 radical (unpaired) electrons. The molecule has 1 fully saturated rings. The number of nitrogens with zero attached hydrogens (tertiary/aromatic N) is 2. The second kappa shape index (κ2) is 7.32. The van der Waals surface area contributed by atoms with Crippen molar-refractivity contribution in [3.63, 3.8) is 0 Å². The molecule has 1 saturated heterocycles. The molecule has 1 aliphatic heterocycles. The van der Waals surface area contributed by atoms with Gasteiger partial charge in [-0.3, -0.25) is 4.79 Å². The van der Waals surface area contributed by atoms with Crippen molar-refractivity contribution in [1.29, 1.82) is 5.26 Å². The van der Waals surface area contributed by atoms with E-state index in [0.29, 0.717) is 11.3 Å². The zero-order valence-corrected chi connectivity index (χ0v) is 13.6. The van der Waals surface area contributed by atoms with Gasteiger partial charge in [-0.05, 0) is 49.2 Å². The van der Waals surface area contributed by atoms with E-state index < -0.39 is 5.82 Å². The van der Waals surface area contributed by atoms with E-state index in [1.807, 2.05) is 6.07 Å². The van der Waals surface area contributed by atoms with Gasteiger partial charge in [0, 0.05) is 23.5 Å². The third-order valence-corrected chi connectivity index (χ3v) is 4.37. The van der Waals surface area contributed by atoms with E-state index in [-0.39, 0.29) is 24.1 Å². The lowest BCUT2D eigenvalue weighted by atomic mass is 10.1. The molecule has 0 aliphatic carbocycles. The van der Waals surface area contributed by atoms with Gasteiger partial charge in [0.2, 0.25) is 0 Å². The summed E-state index contributed by atoms with van der Waals surface area (Å²) in [4.78, 5) is 14.6. The van der Waals surface area contributed by atoms with Crippen molar-refractivity contribution in [3.8, 4) is 6.07 Å². The van der Waals surface area contributed by atoms with E-state index >= 15 is 0 Å². The Morgan fingerprint density at radius 3 is 2.96 bits per heavy atom. The molecule has 3 rings (SSSR count). The van der Waals surface area contributed by atoms with Gasteiger partial charge in [-0.2, -0.15) is 5.26 Å². The van der Waals surface area contributed by atoms with Crippen molar-refractivity contribution in [2.45, 2.75) is 18.9 Å². The van der Waals surface area contributed by atoms with Crippen molar-refractivity contribution in [3.05, 3.63) is 59.4 Å². The summed E-state index contributed by atoms with van der Waals surface area (Å²) in [6, 6.07) is 12.9. The van der Waals surface area contributed by atoms with Crippen LogP contribution in [0, 0.1) is 17.1 Å². The summed E-state index contributed by atoms with van der Waals surface area (Å²) in [5.74, 6) is -0.955. The Kier molecular flexibility index (Phi) is 4.96. The standard InChI is InChI=1S/C19H18FN3O2/c20-18-7-6-15(9-14(18)11-21)22-19(25)13-3-1-4-16(10-13)23-8-2-5-17(23)12-24/h1,3-4,6-7,9-10,17,24H,2,5,8,12H2,(H,22,25). The highest BCUT2D eigenvalue weighted by atomic mass is 19.1. The van der Waals surface area contributed by atoms with Crippen LogP contribution in [-0.4, -0.2) is 30.2 Å². The first kappa shape index (κ1) is 16.9. The van der Waals surface area contributed by atoms with E-state index in [1.165, 1.54) is 12.1 Å². The number of rotatable bonds is 4. The molecule has 25 heavy (non-hydrogen) atoms. The fourth-order valence-electron chi connectivity index (χ4n) is 3.08. The quantitative estimate of drug-likeness (QED) is 0.898. The van der Waals surface area contributed by atoms with Gasteiger partial charge >= 0.3 is 0 Å². The van der Waals surface area contributed by atoms with Crippen LogP contribution in [0.2, 0.25) is 0 Å². The number of carbonyl (C=O) groups excluding carboxylic acids is 1. The predicted molar refractivity (Wildman–Crippen MR) is 93.0 cm³/mol. The maximum absolute atomic E-state index is 13.4. The molecule has 1 amide bonds. The Bertz CT molecular complexity index is 832. The lowest BCUT2D eigenvalue weighted by Gasteiger charge is -2.25. The number of carbonyl (C=O) groups is 1. The highest BCUT2D eigenvalue weighted by Crippen LogP contribution is 2.26. The van der Waals surface area contributed by atoms with Gasteiger partial charge in [-0.15, -0.1) is 0 Å². The third-order valence-electron chi connectivity index (χ3n) is 4.37. The first-order chi connectivity index (χ1) is 12.1. The zero-order chi connectivity index (χ0) is 17.8. The van der Waals surface area contributed by atoms with Crippen LogP contribution in [0.1, 0.15) is 28.8 Å². The highest BCUT2D eigenvalue weighted by molar-refractivity contribution is 6.04. The Morgan fingerprint density at radius 1 is 1.36 bits per heavy atom. The molecule has 1 unspecified atom stereocenters. The molecule has 1 heterocycles. The largest absolute Gasteiger partial charge is 0.394 e. The molecule has 2 aromatic rings. The Labute approximate surface area is 145 Å². The molecular formula is C19H18FN3O2. The van der Waals surface area contributed by atoms with Gasteiger partial charge in [0.05, 0.1) is 18.2 Å². The molecule has 2 aromatic carbocycles. The highest BCUT2D eigenvalue weighted by Gasteiger charge is 2.24. The summed E-state index contributed by atoms with van der Waals surface area (Å²) in [7, 11) is 0. The molecule has 6 heteroatoms. The number of benzene rings is 2. The van der Waals surface area contributed by atoms with Crippen LogP contribution < -0.4 is 10.2 Å². The van der Waals surface area contributed by atoms with E-state index in [2.05, 4.69) is 10.2 Å². The van der Waals surface area contributed by atoms with Crippen LogP contribution in [0.15, 0.2) is 42.5 Å². The Balaban J connectivity index is 1.79. The lowest BCUT2D eigenvalue weighted by molar-refractivity contribution is 0.102. The zero-order valence-electron chi connectivity index (χ0n) is 13.6. The second-order valence-corrected chi connectivity index (χ2v) is 5.98. The fourth-order valence-corrected chi connectivity index (χ4v) is 3.08. The molecule has 2 N–H and O–H groups in total. The fraction of sp³-hybridized carbons (Fsp3) is 0.263. The van der Waals surface area contributed by atoms with E-state index in [4.69, 9.17) is 5.26 Å². The molecule has 0 aromatic heterocycles. The molecular weight excluding hydrogens is 321 g/mol. The first-order valence-electron chi connectivity index (χ1n) is 8.11. The molecule has 0 bridgehead atoms. The molecule has 0 spiro atoms.